The highest BCUT2D eigenvalue weighted by atomic mass is 32.1. The molecule has 0 bridgehead atoms. The molecule has 10 aromatic rings. The van der Waals surface area contributed by atoms with Crippen molar-refractivity contribution < 1.29 is 4.74 Å². The molecule has 268 valence electrons. The standard InChI is InChI=1S/C54H35NOS/c1-3-13-36(14-4-1)37-25-29-40(30-26-37)55(41-31-27-39(28-32-41)44-21-12-23-50-48-19-9-10-24-52(48)57-54(44)50)42-33-34-47-45-17-7-8-18-46(45)49-22-11-20-43(38-15-5-2-6-16-38)53(49)56-51(47)35-42/h1-35H. The summed E-state index contributed by atoms with van der Waals surface area (Å²) in [6.07, 6.45) is 0. The van der Waals surface area contributed by atoms with E-state index in [4.69, 9.17) is 4.74 Å². The molecule has 11 rings (SSSR count). The van der Waals surface area contributed by atoms with Gasteiger partial charge in [0.2, 0.25) is 0 Å². The second kappa shape index (κ2) is 13.8. The molecular weight excluding hydrogens is 711 g/mol. The molecule has 9 aromatic carbocycles. The summed E-state index contributed by atoms with van der Waals surface area (Å²) >= 11 is 1.87. The fourth-order valence-corrected chi connectivity index (χ4v) is 9.61. The van der Waals surface area contributed by atoms with E-state index in [0.717, 1.165) is 61.9 Å². The number of benzene rings is 9. The van der Waals surface area contributed by atoms with Crippen molar-refractivity contribution in [2.24, 2.45) is 0 Å². The number of nitrogens with zero attached hydrogens (tertiary/aromatic N) is 1. The summed E-state index contributed by atoms with van der Waals surface area (Å²) in [5.41, 5.74) is 14.6. The molecule has 0 spiro atoms. The van der Waals surface area contributed by atoms with Gasteiger partial charge in [-0.2, -0.15) is 0 Å². The van der Waals surface area contributed by atoms with Gasteiger partial charge in [0.1, 0.15) is 11.5 Å². The van der Waals surface area contributed by atoms with Crippen LogP contribution < -0.4 is 9.64 Å². The van der Waals surface area contributed by atoms with Gasteiger partial charge in [-0.05, 0) is 81.4 Å². The summed E-state index contributed by atoms with van der Waals surface area (Å²) in [5.74, 6) is 1.69. The van der Waals surface area contributed by atoms with Crippen LogP contribution in [-0.2, 0) is 0 Å². The number of ether oxygens (including phenoxy) is 1. The lowest BCUT2D eigenvalue weighted by Gasteiger charge is -2.27. The Balaban J connectivity index is 1.06. The molecule has 0 N–H and O–H groups in total. The van der Waals surface area contributed by atoms with E-state index in [2.05, 4.69) is 217 Å². The first-order valence-corrected chi connectivity index (χ1v) is 20.1. The predicted octanol–water partition coefficient (Wildman–Crippen LogP) is 16.0. The second-order valence-electron chi connectivity index (χ2n) is 14.5. The van der Waals surface area contributed by atoms with E-state index in [-0.39, 0.29) is 0 Å². The molecule has 0 unspecified atom stereocenters. The number of para-hydroxylation sites is 1. The molecule has 0 atom stereocenters. The Hall–Kier alpha value is -7.20. The number of fused-ring (bicyclic) bond motifs is 8. The highest BCUT2D eigenvalue weighted by molar-refractivity contribution is 7.26. The monoisotopic (exact) mass is 745 g/mol. The molecule has 1 aliphatic heterocycles. The molecule has 2 heterocycles. The highest BCUT2D eigenvalue weighted by Gasteiger charge is 2.25. The van der Waals surface area contributed by atoms with Crippen LogP contribution in [0.5, 0.6) is 11.5 Å². The second-order valence-corrected chi connectivity index (χ2v) is 15.5. The molecule has 1 aromatic heterocycles. The Morgan fingerprint density at radius 2 is 0.842 bits per heavy atom. The van der Waals surface area contributed by atoms with Gasteiger partial charge in [0, 0.05) is 60.0 Å². The topological polar surface area (TPSA) is 12.5 Å². The molecule has 3 heteroatoms. The SMILES string of the molecule is c1ccc(-c2ccc(N(c3ccc(-c4cccc5c4sc4ccccc45)cc3)c3ccc4c(c3)Oc3c(-c5ccccc5)cccc3-c3ccccc3-4)cc2)cc1. The van der Waals surface area contributed by atoms with Crippen LogP contribution >= 0.6 is 11.3 Å². The van der Waals surface area contributed by atoms with Gasteiger partial charge in [-0.1, -0.05) is 164 Å². The largest absolute Gasteiger partial charge is 0.455 e. The molecular formula is C54H35NOS. The van der Waals surface area contributed by atoms with Crippen LogP contribution in [0.25, 0.3) is 75.8 Å². The number of thiophene rings is 1. The third-order valence-corrected chi connectivity index (χ3v) is 12.3. The average Bonchev–Trinajstić information content (AvgIpc) is 3.60. The van der Waals surface area contributed by atoms with Gasteiger partial charge in [0.15, 0.2) is 0 Å². The van der Waals surface area contributed by atoms with E-state index >= 15 is 0 Å². The van der Waals surface area contributed by atoms with Crippen LogP contribution in [0.15, 0.2) is 212 Å². The Morgan fingerprint density at radius 3 is 1.60 bits per heavy atom. The lowest BCUT2D eigenvalue weighted by molar-refractivity contribution is 0.489. The quantitative estimate of drug-likeness (QED) is 0.168. The first kappa shape index (κ1) is 33.2. The molecule has 57 heavy (non-hydrogen) atoms. The summed E-state index contributed by atoms with van der Waals surface area (Å²) in [5, 5.41) is 2.62. The van der Waals surface area contributed by atoms with Crippen molar-refractivity contribution in [3.05, 3.63) is 212 Å². The zero-order valence-electron chi connectivity index (χ0n) is 31.0. The van der Waals surface area contributed by atoms with Crippen molar-refractivity contribution in [1.82, 2.24) is 0 Å². The van der Waals surface area contributed by atoms with Crippen LogP contribution in [0.3, 0.4) is 0 Å². The van der Waals surface area contributed by atoms with Gasteiger partial charge in [0.25, 0.3) is 0 Å². The zero-order chi connectivity index (χ0) is 37.7. The fraction of sp³-hybridized carbons (Fsp3) is 0. The van der Waals surface area contributed by atoms with Crippen LogP contribution in [0.1, 0.15) is 0 Å². The normalized spacial score (nSPS) is 11.6. The summed E-state index contributed by atoms with van der Waals surface area (Å²) in [6.45, 7) is 0. The molecule has 0 radical (unpaired) electrons. The van der Waals surface area contributed by atoms with Crippen molar-refractivity contribution >= 4 is 48.6 Å². The van der Waals surface area contributed by atoms with Gasteiger partial charge < -0.3 is 9.64 Å². The summed E-state index contributed by atoms with van der Waals surface area (Å²) in [4.78, 5) is 2.34. The average molecular weight is 746 g/mol. The molecule has 1 aliphatic rings. The minimum atomic E-state index is 0.820. The Morgan fingerprint density at radius 1 is 0.333 bits per heavy atom. The van der Waals surface area contributed by atoms with E-state index in [9.17, 15) is 0 Å². The maximum absolute atomic E-state index is 7.13. The lowest BCUT2D eigenvalue weighted by Crippen LogP contribution is -2.10. The van der Waals surface area contributed by atoms with Crippen molar-refractivity contribution in [2.75, 3.05) is 4.90 Å². The van der Waals surface area contributed by atoms with Crippen molar-refractivity contribution in [2.45, 2.75) is 0 Å². The van der Waals surface area contributed by atoms with Crippen molar-refractivity contribution in [3.8, 4) is 67.1 Å². The zero-order valence-corrected chi connectivity index (χ0v) is 31.8. The Labute approximate surface area is 336 Å². The highest BCUT2D eigenvalue weighted by Crippen LogP contribution is 2.52. The fourth-order valence-electron chi connectivity index (χ4n) is 8.37. The molecule has 0 aliphatic carbocycles. The predicted molar refractivity (Wildman–Crippen MR) is 241 cm³/mol. The van der Waals surface area contributed by atoms with Gasteiger partial charge in [0.05, 0.1) is 0 Å². The van der Waals surface area contributed by atoms with Crippen LogP contribution in [0.2, 0.25) is 0 Å². The number of anilines is 3. The maximum atomic E-state index is 7.13. The first-order chi connectivity index (χ1) is 28.3. The van der Waals surface area contributed by atoms with E-state index < -0.39 is 0 Å². The molecule has 2 nitrogen and oxygen atoms in total. The van der Waals surface area contributed by atoms with Crippen molar-refractivity contribution in [3.63, 3.8) is 0 Å². The Kier molecular flexibility index (Phi) is 8.04. The van der Waals surface area contributed by atoms with Crippen LogP contribution in [0, 0.1) is 0 Å². The van der Waals surface area contributed by atoms with E-state index in [1.54, 1.807) is 0 Å². The van der Waals surface area contributed by atoms with E-state index in [0.29, 0.717) is 0 Å². The van der Waals surface area contributed by atoms with Gasteiger partial charge in [-0.15, -0.1) is 11.3 Å². The van der Waals surface area contributed by atoms with Crippen molar-refractivity contribution in [1.29, 1.82) is 0 Å². The van der Waals surface area contributed by atoms with E-state index in [1.165, 1.54) is 42.4 Å². The molecule has 0 saturated carbocycles. The molecule has 0 amide bonds. The third-order valence-electron chi connectivity index (χ3n) is 11.1. The number of hydrogen-bond donors (Lipinski definition) is 0. The number of rotatable bonds is 6. The van der Waals surface area contributed by atoms with Gasteiger partial charge >= 0.3 is 0 Å². The Bertz CT molecular complexity index is 3080. The number of hydrogen-bond acceptors (Lipinski definition) is 3. The maximum Gasteiger partial charge on any atom is 0.143 e. The van der Waals surface area contributed by atoms with E-state index in [1.807, 2.05) is 11.3 Å². The van der Waals surface area contributed by atoms with Gasteiger partial charge in [-0.3, -0.25) is 0 Å². The first-order valence-electron chi connectivity index (χ1n) is 19.3. The van der Waals surface area contributed by atoms with Crippen LogP contribution in [0.4, 0.5) is 17.1 Å². The summed E-state index contributed by atoms with van der Waals surface area (Å²) in [7, 11) is 0. The summed E-state index contributed by atoms with van der Waals surface area (Å²) in [6, 6.07) is 76.1. The lowest BCUT2D eigenvalue weighted by atomic mass is 9.92. The molecule has 0 saturated heterocycles. The molecule has 0 fully saturated rings. The minimum absolute atomic E-state index is 0.820. The summed E-state index contributed by atoms with van der Waals surface area (Å²) < 4.78 is 9.76. The van der Waals surface area contributed by atoms with Gasteiger partial charge in [-0.25, -0.2) is 0 Å². The smallest absolute Gasteiger partial charge is 0.143 e. The van der Waals surface area contributed by atoms with Crippen LogP contribution in [-0.4, -0.2) is 0 Å². The minimum Gasteiger partial charge on any atom is -0.455 e. The third kappa shape index (κ3) is 5.80.